The van der Waals surface area contributed by atoms with Gasteiger partial charge >= 0.3 is 0 Å². The zero-order chi connectivity index (χ0) is 16.3. The lowest BCUT2D eigenvalue weighted by atomic mass is 9.88. The fourth-order valence-corrected chi connectivity index (χ4v) is 2.82. The summed E-state index contributed by atoms with van der Waals surface area (Å²) in [6, 6.07) is 5.35. The van der Waals surface area contributed by atoms with Crippen LogP contribution < -0.4 is 5.32 Å². The van der Waals surface area contributed by atoms with Crippen LogP contribution in [0.4, 0.5) is 0 Å². The van der Waals surface area contributed by atoms with Crippen LogP contribution in [0, 0.1) is 5.41 Å². The topological polar surface area (TPSA) is 65.1 Å². The van der Waals surface area contributed by atoms with Gasteiger partial charge in [0.2, 0.25) is 5.91 Å². The van der Waals surface area contributed by atoms with Crippen LogP contribution >= 0.6 is 11.6 Å². The third kappa shape index (κ3) is 4.49. The number of halogens is 1. The maximum absolute atomic E-state index is 12.2. The Kier molecular flexibility index (Phi) is 5.14. The third-order valence-electron chi connectivity index (χ3n) is 3.52. The van der Waals surface area contributed by atoms with Crippen LogP contribution in [0.2, 0.25) is 5.02 Å². The number of nitrogens with one attached hydrogen (secondary N) is 2. The molecule has 5 heteroatoms. The first-order chi connectivity index (χ1) is 10.3. The molecule has 0 aliphatic carbocycles. The quantitative estimate of drug-likeness (QED) is 0.791. The minimum absolute atomic E-state index is 0.0506. The molecule has 0 spiro atoms. The summed E-state index contributed by atoms with van der Waals surface area (Å²) in [5.41, 5.74) is 1.91. The molecule has 22 heavy (non-hydrogen) atoms. The number of carbonyl (C=O) groups excluding carboxylic acids is 1. The molecule has 3 N–H and O–H groups in total. The highest BCUT2D eigenvalue weighted by molar-refractivity contribution is 6.31. The van der Waals surface area contributed by atoms with Gasteiger partial charge in [-0.15, -0.1) is 0 Å². The van der Waals surface area contributed by atoms with E-state index in [4.69, 9.17) is 11.6 Å². The fraction of sp³-hybridized carbons (Fsp3) is 0.471. The number of aromatic amines is 1. The van der Waals surface area contributed by atoms with Gasteiger partial charge in [0.15, 0.2) is 0 Å². The van der Waals surface area contributed by atoms with E-state index in [1.54, 1.807) is 0 Å². The number of rotatable bonds is 5. The SMILES string of the molecule is CC(C)(C)CC(CO)NC(=O)Cc1c[nH]c2ccc(Cl)cc12. The molecule has 0 radical (unpaired) electrons. The molecule has 0 aliphatic heterocycles. The van der Waals surface area contributed by atoms with Crippen LogP contribution in [-0.4, -0.2) is 28.6 Å². The summed E-state index contributed by atoms with van der Waals surface area (Å²) in [7, 11) is 0. The van der Waals surface area contributed by atoms with E-state index >= 15 is 0 Å². The fourth-order valence-electron chi connectivity index (χ4n) is 2.65. The van der Waals surface area contributed by atoms with Gasteiger partial charge in [-0.25, -0.2) is 0 Å². The maximum Gasteiger partial charge on any atom is 0.224 e. The molecular formula is C17H23ClN2O2. The molecule has 0 saturated heterocycles. The van der Waals surface area contributed by atoms with Crippen molar-refractivity contribution in [3.8, 4) is 0 Å². The van der Waals surface area contributed by atoms with E-state index in [0.717, 1.165) is 22.9 Å². The molecule has 2 aromatic rings. The monoisotopic (exact) mass is 322 g/mol. The Morgan fingerprint density at radius 1 is 1.41 bits per heavy atom. The van der Waals surface area contributed by atoms with Crippen LogP contribution in [0.15, 0.2) is 24.4 Å². The van der Waals surface area contributed by atoms with Crippen molar-refractivity contribution in [3.63, 3.8) is 0 Å². The first-order valence-electron chi connectivity index (χ1n) is 7.44. The van der Waals surface area contributed by atoms with Crippen molar-refractivity contribution in [2.24, 2.45) is 5.41 Å². The van der Waals surface area contributed by atoms with E-state index < -0.39 is 0 Å². The Labute approximate surface area is 135 Å². The lowest BCUT2D eigenvalue weighted by Gasteiger charge is -2.25. The second-order valence-corrected chi connectivity index (χ2v) is 7.33. The van der Waals surface area contributed by atoms with E-state index in [9.17, 15) is 9.90 Å². The maximum atomic E-state index is 12.2. The van der Waals surface area contributed by atoms with Crippen molar-refractivity contribution >= 4 is 28.4 Å². The molecule has 0 saturated carbocycles. The molecule has 2 rings (SSSR count). The van der Waals surface area contributed by atoms with Crippen LogP contribution in [0.3, 0.4) is 0 Å². The van der Waals surface area contributed by atoms with E-state index in [0.29, 0.717) is 5.02 Å². The molecule has 1 aromatic heterocycles. The normalized spacial score (nSPS) is 13.3. The van der Waals surface area contributed by atoms with Gasteiger partial charge in [0, 0.05) is 22.1 Å². The third-order valence-corrected chi connectivity index (χ3v) is 3.76. The molecule has 1 aromatic carbocycles. The number of carbonyl (C=O) groups is 1. The number of aliphatic hydroxyl groups excluding tert-OH is 1. The molecule has 1 heterocycles. The Balaban J connectivity index is 2.05. The summed E-state index contributed by atoms with van der Waals surface area (Å²) in [6.07, 6.45) is 2.83. The van der Waals surface area contributed by atoms with Gasteiger partial charge in [-0.2, -0.15) is 0 Å². The van der Waals surface area contributed by atoms with Crippen LogP contribution in [0.1, 0.15) is 32.8 Å². The summed E-state index contributed by atoms with van der Waals surface area (Å²) in [5, 5.41) is 13.9. The smallest absolute Gasteiger partial charge is 0.224 e. The van der Waals surface area contributed by atoms with E-state index in [2.05, 4.69) is 31.1 Å². The number of aromatic nitrogens is 1. The largest absolute Gasteiger partial charge is 0.394 e. The van der Waals surface area contributed by atoms with Gasteiger partial charge in [-0.05, 0) is 35.6 Å². The van der Waals surface area contributed by atoms with Crippen LogP contribution in [0.5, 0.6) is 0 Å². The van der Waals surface area contributed by atoms with Gasteiger partial charge in [0.1, 0.15) is 0 Å². The van der Waals surface area contributed by atoms with Gasteiger partial charge in [0.05, 0.1) is 19.1 Å². The highest BCUT2D eigenvalue weighted by Gasteiger charge is 2.20. The zero-order valence-electron chi connectivity index (χ0n) is 13.2. The lowest BCUT2D eigenvalue weighted by Crippen LogP contribution is -2.40. The molecular weight excluding hydrogens is 300 g/mol. The Morgan fingerprint density at radius 2 is 2.14 bits per heavy atom. The minimum atomic E-state index is -0.221. The standard InChI is InChI=1S/C17H23ClN2O2/c1-17(2,3)8-13(10-21)20-16(22)6-11-9-19-15-5-4-12(18)7-14(11)15/h4-5,7,9,13,19,21H,6,8,10H2,1-3H3,(H,20,22). The average Bonchev–Trinajstić information content (AvgIpc) is 2.79. The van der Waals surface area contributed by atoms with Crippen molar-refractivity contribution in [1.29, 1.82) is 0 Å². The Morgan fingerprint density at radius 3 is 2.77 bits per heavy atom. The predicted octanol–water partition coefficient (Wildman–Crippen LogP) is 3.28. The van der Waals surface area contributed by atoms with Crippen LogP contribution in [-0.2, 0) is 11.2 Å². The molecule has 0 aliphatic rings. The predicted molar refractivity (Wildman–Crippen MR) is 90.1 cm³/mol. The van der Waals surface area contributed by atoms with Gasteiger partial charge in [-0.1, -0.05) is 32.4 Å². The Bertz CT molecular complexity index is 658. The highest BCUT2D eigenvalue weighted by Crippen LogP contribution is 2.23. The van der Waals surface area contributed by atoms with Gasteiger partial charge in [-0.3, -0.25) is 4.79 Å². The first-order valence-corrected chi connectivity index (χ1v) is 7.82. The number of fused-ring (bicyclic) bond motifs is 1. The Hall–Kier alpha value is -1.52. The second-order valence-electron chi connectivity index (χ2n) is 6.89. The number of hydrogen-bond acceptors (Lipinski definition) is 2. The first kappa shape index (κ1) is 16.8. The van der Waals surface area contributed by atoms with Crippen LogP contribution in [0.25, 0.3) is 10.9 Å². The van der Waals surface area contributed by atoms with E-state index in [-0.39, 0.29) is 30.4 Å². The summed E-state index contributed by atoms with van der Waals surface area (Å²) >= 11 is 6.02. The number of hydrogen-bond donors (Lipinski definition) is 3. The molecule has 1 amide bonds. The van der Waals surface area contributed by atoms with Gasteiger partial charge < -0.3 is 15.4 Å². The van der Waals surface area contributed by atoms with Crippen molar-refractivity contribution in [1.82, 2.24) is 10.3 Å². The number of amides is 1. The molecule has 0 fully saturated rings. The summed E-state index contributed by atoms with van der Waals surface area (Å²) in [5.74, 6) is -0.0934. The molecule has 4 nitrogen and oxygen atoms in total. The molecule has 0 bridgehead atoms. The minimum Gasteiger partial charge on any atom is -0.394 e. The second kappa shape index (κ2) is 6.71. The highest BCUT2D eigenvalue weighted by atomic mass is 35.5. The molecule has 120 valence electrons. The number of aliphatic hydroxyl groups is 1. The summed E-state index contributed by atoms with van der Waals surface area (Å²) < 4.78 is 0. The summed E-state index contributed by atoms with van der Waals surface area (Å²) in [4.78, 5) is 15.4. The van der Waals surface area contributed by atoms with Crippen molar-refractivity contribution in [2.45, 2.75) is 39.7 Å². The average molecular weight is 323 g/mol. The van der Waals surface area contributed by atoms with E-state index in [1.165, 1.54) is 0 Å². The number of H-pyrrole nitrogens is 1. The van der Waals surface area contributed by atoms with E-state index in [1.807, 2.05) is 24.4 Å². The van der Waals surface area contributed by atoms with Crippen molar-refractivity contribution in [2.75, 3.05) is 6.61 Å². The van der Waals surface area contributed by atoms with Crippen molar-refractivity contribution < 1.29 is 9.90 Å². The zero-order valence-corrected chi connectivity index (χ0v) is 14.0. The molecule has 1 atom stereocenters. The van der Waals surface area contributed by atoms with Crippen molar-refractivity contribution in [3.05, 3.63) is 35.0 Å². The summed E-state index contributed by atoms with van der Waals surface area (Å²) in [6.45, 7) is 6.21. The lowest BCUT2D eigenvalue weighted by molar-refractivity contribution is -0.121. The molecule has 1 unspecified atom stereocenters. The number of benzene rings is 1. The van der Waals surface area contributed by atoms with Gasteiger partial charge in [0.25, 0.3) is 0 Å².